The summed E-state index contributed by atoms with van der Waals surface area (Å²) in [5.74, 6) is 1.89. The number of rotatable bonds is 12. The molecule has 0 atom stereocenters. The largest absolute Gasteiger partial charge is 0.361 e. The molecular formula is C9H15O3PS4. The molecule has 0 rings (SSSR count). The normalized spacial score (nSPS) is 11.1. The van der Waals surface area contributed by atoms with Gasteiger partial charge < -0.3 is 0 Å². The lowest BCUT2D eigenvalue weighted by molar-refractivity contribution is 0.466. The molecule has 3 nitrogen and oxygen atoms in total. The molecule has 0 aromatic heterocycles. The second-order valence-corrected chi connectivity index (χ2v) is 8.12. The topological polar surface area (TPSA) is 27.7 Å². The van der Waals surface area contributed by atoms with E-state index in [9.17, 15) is 0 Å². The highest BCUT2D eigenvalue weighted by atomic mass is 32.5. The van der Waals surface area contributed by atoms with E-state index in [1.807, 2.05) is 0 Å². The fourth-order valence-corrected chi connectivity index (χ4v) is 5.17. The molecule has 0 saturated heterocycles. The van der Waals surface area contributed by atoms with Crippen molar-refractivity contribution in [3.05, 3.63) is 38.0 Å². The third kappa shape index (κ3) is 10.4. The molecule has 0 bridgehead atoms. The predicted octanol–water partition coefficient (Wildman–Crippen LogP) is 4.76. The summed E-state index contributed by atoms with van der Waals surface area (Å²) in [5, 5.41) is 0. The molecule has 0 N–H and O–H groups in total. The standard InChI is InChI=1S/C9H15O3PS4/c1-4-7-15-10-13(14,11-16-8-5-2)12-17-9-6-3/h4-6H,1-3,7-9H2. The van der Waals surface area contributed by atoms with Crippen LogP contribution in [-0.2, 0) is 23.7 Å². The molecule has 0 aromatic carbocycles. The van der Waals surface area contributed by atoms with Gasteiger partial charge >= 0.3 is 6.72 Å². The predicted molar refractivity (Wildman–Crippen MR) is 85.5 cm³/mol. The van der Waals surface area contributed by atoms with Gasteiger partial charge in [-0.05, 0) is 11.8 Å². The van der Waals surface area contributed by atoms with Crippen LogP contribution in [0.5, 0.6) is 0 Å². The smallest absolute Gasteiger partial charge is 0.235 e. The Balaban J connectivity index is 4.12. The van der Waals surface area contributed by atoms with Crippen LogP contribution >= 0.6 is 42.8 Å². The Hall–Kier alpha value is 0.800. The summed E-state index contributed by atoms with van der Waals surface area (Å²) in [7, 11) is 0. The van der Waals surface area contributed by atoms with Crippen LogP contribution in [0.1, 0.15) is 0 Å². The van der Waals surface area contributed by atoms with Crippen molar-refractivity contribution in [2.24, 2.45) is 0 Å². The fourth-order valence-electron chi connectivity index (χ4n) is 0.467. The second kappa shape index (κ2) is 11.9. The Labute approximate surface area is 121 Å². The average molecular weight is 330 g/mol. The van der Waals surface area contributed by atoms with Gasteiger partial charge in [-0.1, -0.05) is 18.2 Å². The third-order valence-corrected chi connectivity index (χ3v) is 7.20. The molecule has 0 radical (unpaired) electrons. The highest BCUT2D eigenvalue weighted by Crippen LogP contribution is 2.58. The van der Waals surface area contributed by atoms with Gasteiger partial charge in [-0.25, -0.2) is 11.9 Å². The van der Waals surface area contributed by atoms with E-state index in [2.05, 4.69) is 19.7 Å². The van der Waals surface area contributed by atoms with E-state index in [4.69, 9.17) is 23.7 Å². The molecule has 0 amide bonds. The minimum Gasteiger partial charge on any atom is -0.235 e. The van der Waals surface area contributed by atoms with Crippen LogP contribution in [-0.4, -0.2) is 17.3 Å². The molecule has 0 fully saturated rings. The molecule has 8 heteroatoms. The van der Waals surface area contributed by atoms with Crippen molar-refractivity contribution in [3.63, 3.8) is 0 Å². The highest BCUT2D eigenvalue weighted by molar-refractivity contribution is 8.19. The van der Waals surface area contributed by atoms with Crippen molar-refractivity contribution in [1.82, 2.24) is 0 Å². The van der Waals surface area contributed by atoms with Crippen LogP contribution in [0.3, 0.4) is 0 Å². The Morgan fingerprint density at radius 3 is 1.35 bits per heavy atom. The Bertz CT molecular complexity index is 243. The van der Waals surface area contributed by atoms with Crippen LogP contribution in [0, 0.1) is 0 Å². The summed E-state index contributed by atoms with van der Waals surface area (Å²) in [6.07, 6.45) is 5.16. The molecule has 0 heterocycles. The molecule has 0 spiro atoms. The maximum atomic E-state index is 5.38. The SMILES string of the molecule is C=CCSOP(=S)(OSCC=C)OSCC=C. The summed E-state index contributed by atoms with van der Waals surface area (Å²) < 4.78 is 16.1. The van der Waals surface area contributed by atoms with Crippen molar-refractivity contribution in [3.8, 4) is 0 Å². The molecule has 0 saturated carbocycles. The van der Waals surface area contributed by atoms with Gasteiger partial charge in [0.1, 0.15) is 0 Å². The fraction of sp³-hybridized carbons (Fsp3) is 0.333. The first-order valence-corrected chi connectivity index (χ1v) is 9.83. The second-order valence-electron chi connectivity index (χ2n) is 2.39. The molecule has 0 aromatic rings. The lowest BCUT2D eigenvalue weighted by atomic mass is 10.8. The zero-order chi connectivity index (χ0) is 13.0. The summed E-state index contributed by atoms with van der Waals surface area (Å²) >= 11 is 8.75. The number of hydrogen-bond acceptors (Lipinski definition) is 7. The van der Waals surface area contributed by atoms with Crippen molar-refractivity contribution in [2.75, 3.05) is 17.3 Å². The van der Waals surface area contributed by atoms with E-state index in [0.29, 0.717) is 17.3 Å². The molecule has 0 aliphatic heterocycles. The van der Waals surface area contributed by atoms with E-state index in [1.54, 1.807) is 18.2 Å². The first kappa shape index (κ1) is 17.8. The van der Waals surface area contributed by atoms with E-state index in [0.717, 1.165) is 0 Å². The minimum absolute atomic E-state index is 0.628. The lowest BCUT2D eigenvalue weighted by Crippen LogP contribution is -1.88. The van der Waals surface area contributed by atoms with Crippen LogP contribution in [0.2, 0.25) is 0 Å². The zero-order valence-corrected chi connectivity index (χ0v) is 13.4. The lowest BCUT2D eigenvalue weighted by Gasteiger charge is -2.17. The van der Waals surface area contributed by atoms with Crippen molar-refractivity contribution >= 4 is 54.7 Å². The monoisotopic (exact) mass is 330 g/mol. The first-order chi connectivity index (χ1) is 8.18. The maximum Gasteiger partial charge on any atom is 0.361 e. The minimum atomic E-state index is -2.73. The third-order valence-electron chi connectivity index (χ3n) is 0.990. The van der Waals surface area contributed by atoms with Gasteiger partial charge in [-0.2, -0.15) is 0 Å². The van der Waals surface area contributed by atoms with Gasteiger partial charge in [-0.3, -0.25) is 0 Å². The van der Waals surface area contributed by atoms with E-state index in [1.165, 1.54) is 36.1 Å². The molecule has 0 aliphatic rings. The first-order valence-electron chi connectivity index (χ1n) is 4.55. The van der Waals surface area contributed by atoms with Gasteiger partial charge in [0.05, 0.1) is 0 Å². The molecule has 0 unspecified atom stereocenters. The van der Waals surface area contributed by atoms with Crippen LogP contribution in [0.4, 0.5) is 0 Å². The van der Waals surface area contributed by atoms with E-state index < -0.39 is 6.72 Å². The van der Waals surface area contributed by atoms with Crippen molar-refractivity contribution in [1.29, 1.82) is 0 Å². The highest BCUT2D eigenvalue weighted by Gasteiger charge is 2.22. The zero-order valence-electron chi connectivity index (χ0n) is 9.28. The van der Waals surface area contributed by atoms with Crippen LogP contribution in [0.15, 0.2) is 38.0 Å². The van der Waals surface area contributed by atoms with Crippen LogP contribution < -0.4 is 0 Å². The van der Waals surface area contributed by atoms with Crippen LogP contribution in [0.25, 0.3) is 0 Å². The molecule has 98 valence electrons. The molecular weight excluding hydrogens is 315 g/mol. The Kier molecular flexibility index (Phi) is 12.4. The van der Waals surface area contributed by atoms with E-state index in [-0.39, 0.29) is 0 Å². The number of hydrogen-bond donors (Lipinski definition) is 0. The van der Waals surface area contributed by atoms with Gasteiger partial charge in [0, 0.05) is 53.4 Å². The van der Waals surface area contributed by atoms with Gasteiger partial charge in [0.25, 0.3) is 0 Å². The Morgan fingerprint density at radius 2 is 1.12 bits per heavy atom. The van der Waals surface area contributed by atoms with Crippen molar-refractivity contribution < 1.29 is 11.9 Å². The van der Waals surface area contributed by atoms with Gasteiger partial charge in [-0.15, -0.1) is 19.7 Å². The van der Waals surface area contributed by atoms with Gasteiger partial charge in [0.15, 0.2) is 0 Å². The summed E-state index contributed by atoms with van der Waals surface area (Å²) in [4.78, 5) is 0. The summed E-state index contributed by atoms with van der Waals surface area (Å²) in [6, 6.07) is 0. The van der Waals surface area contributed by atoms with E-state index >= 15 is 0 Å². The summed E-state index contributed by atoms with van der Waals surface area (Å²) in [5.41, 5.74) is 0. The van der Waals surface area contributed by atoms with Gasteiger partial charge in [0.2, 0.25) is 0 Å². The summed E-state index contributed by atoms with van der Waals surface area (Å²) in [6.45, 7) is 8.04. The average Bonchev–Trinajstić information content (AvgIpc) is 2.30. The quantitative estimate of drug-likeness (QED) is 0.220. The molecule has 17 heavy (non-hydrogen) atoms. The van der Waals surface area contributed by atoms with Crippen molar-refractivity contribution in [2.45, 2.75) is 0 Å². The molecule has 0 aliphatic carbocycles. The Morgan fingerprint density at radius 1 is 0.824 bits per heavy atom. The maximum absolute atomic E-state index is 5.38.